The molecule has 1 saturated heterocycles. The van der Waals surface area contributed by atoms with Crippen molar-refractivity contribution in [3.05, 3.63) is 29.8 Å². The molecule has 1 aliphatic heterocycles. The summed E-state index contributed by atoms with van der Waals surface area (Å²) in [6.07, 6.45) is 2.51. The van der Waals surface area contributed by atoms with Crippen molar-refractivity contribution >= 4 is 0 Å². The molecule has 4 atom stereocenters. The second-order valence-electron chi connectivity index (χ2n) is 7.27. The highest BCUT2D eigenvalue weighted by molar-refractivity contribution is 5.32. The van der Waals surface area contributed by atoms with Crippen molar-refractivity contribution in [1.29, 1.82) is 0 Å². The van der Waals surface area contributed by atoms with Crippen molar-refractivity contribution in [2.75, 3.05) is 13.7 Å². The summed E-state index contributed by atoms with van der Waals surface area (Å²) in [5, 5.41) is 1.39. The van der Waals surface area contributed by atoms with E-state index in [1.807, 2.05) is 19.1 Å². The van der Waals surface area contributed by atoms with Gasteiger partial charge in [-0.05, 0) is 66.7 Å². The van der Waals surface area contributed by atoms with Crippen LogP contribution >= 0.6 is 0 Å². The zero-order chi connectivity index (χ0) is 17.5. The summed E-state index contributed by atoms with van der Waals surface area (Å²) in [6.45, 7) is 4.51. The number of hydroxylamine groups is 2. The molecule has 1 aromatic carbocycles. The van der Waals surface area contributed by atoms with Crippen LogP contribution < -0.4 is 18.7 Å². The van der Waals surface area contributed by atoms with Gasteiger partial charge in [0.15, 0.2) is 4.39 Å². The van der Waals surface area contributed by atoms with Crippen LogP contribution in [-0.4, -0.2) is 24.3 Å². The van der Waals surface area contributed by atoms with Crippen LogP contribution in [0.4, 0.5) is 0 Å². The van der Waals surface area contributed by atoms with Crippen molar-refractivity contribution in [2.24, 2.45) is 11.8 Å². The second-order valence-corrected chi connectivity index (χ2v) is 8.17. The average molecular weight is 358 g/mol. The fourth-order valence-corrected chi connectivity index (χ4v) is 4.80. The maximum absolute atomic E-state index is 11.0. The smallest absolute Gasteiger partial charge is 0.179 e. The Morgan fingerprint density at radius 2 is 2.04 bits per heavy atom. The summed E-state index contributed by atoms with van der Waals surface area (Å²) in [5.74, 6) is 1.91. The maximum atomic E-state index is 11.0. The van der Waals surface area contributed by atoms with Gasteiger partial charge in [-0.25, -0.2) is 0 Å². The van der Waals surface area contributed by atoms with E-state index in [1.165, 1.54) is 10.6 Å². The van der Waals surface area contributed by atoms with Crippen molar-refractivity contribution in [3.8, 4) is 5.75 Å². The number of hydrogen-bond acceptors (Lipinski definition) is 6. The Balaban J connectivity index is 1.82. The Bertz CT molecular complexity index is 593. The molecule has 134 valence electrons. The van der Waals surface area contributed by atoms with Crippen LogP contribution in [0.1, 0.15) is 44.6 Å². The maximum Gasteiger partial charge on any atom is 0.179 e. The molecule has 6 nitrogen and oxygen atoms in total. The topological polar surface area (TPSA) is 90.9 Å². The molecule has 0 spiro atoms. The largest absolute Gasteiger partial charge is 0.497 e. The Hall–Kier alpha value is -0.890. The van der Waals surface area contributed by atoms with Gasteiger partial charge in [-0.3, -0.25) is 0 Å². The van der Waals surface area contributed by atoms with Crippen LogP contribution in [0.3, 0.4) is 0 Å². The van der Waals surface area contributed by atoms with Crippen LogP contribution in [-0.2, 0) is 4.39 Å². The van der Waals surface area contributed by atoms with Crippen LogP contribution in [0.2, 0.25) is 0 Å². The highest BCUT2D eigenvalue weighted by Gasteiger charge is 2.53. The van der Waals surface area contributed by atoms with Gasteiger partial charge in [-0.15, -0.1) is 0 Å². The average Bonchev–Trinajstić information content (AvgIpc) is 2.52. The fourth-order valence-electron chi connectivity index (χ4n) is 4.37. The van der Waals surface area contributed by atoms with E-state index in [1.54, 1.807) is 7.11 Å². The Morgan fingerprint density at radius 1 is 1.29 bits per heavy atom. The standard InChI is InChI=1S/C17H24ClNO5/c1-12-11-19(24-18(20,21)22)17(2)8-7-15(16(12)10-17)13-5-4-6-14(9-13)23-3/h4-6,9,12,15-16H,7-8,10-11H2,1-3H3. The third kappa shape index (κ3) is 3.54. The molecule has 1 heterocycles. The third-order valence-electron chi connectivity index (χ3n) is 5.66. The molecule has 2 bridgehead atoms. The quantitative estimate of drug-likeness (QED) is 0.760. The highest BCUT2D eigenvalue weighted by Crippen LogP contribution is 2.51. The molecule has 2 aliphatic rings. The minimum Gasteiger partial charge on any atom is -0.497 e. The van der Waals surface area contributed by atoms with E-state index in [0.717, 1.165) is 25.0 Å². The summed E-state index contributed by atoms with van der Waals surface area (Å²) in [6, 6.07) is 8.16. The molecular formula is C17H24ClNO5. The molecule has 0 aromatic heterocycles. The zero-order valence-electron chi connectivity index (χ0n) is 14.2. The number of ether oxygens (including phenoxy) is 1. The summed E-state index contributed by atoms with van der Waals surface area (Å²) in [5.41, 5.74) is 0.842. The van der Waals surface area contributed by atoms with Gasteiger partial charge in [-0.2, -0.15) is 14.0 Å². The lowest BCUT2D eigenvalue weighted by atomic mass is 9.62. The van der Waals surface area contributed by atoms with E-state index < -0.39 is 15.8 Å². The predicted molar refractivity (Wildman–Crippen MR) is 78.4 cm³/mol. The number of methoxy groups -OCH3 is 1. The van der Waals surface area contributed by atoms with Crippen molar-refractivity contribution in [1.82, 2.24) is 5.06 Å². The number of halogens is 1. The Morgan fingerprint density at radius 3 is 2.71 bits per heavy atom. The van der Waals surface area contributed by atoms with Gasteiger partial charge >= 0.3 is 0 Å². The van der Waals surface area contributed by atoms with E-state index >= 15 is 0 Å². The SMILES string of the molecule is COc1cccc(C2CCC3(C)CC2C(C)CN3O[Cl+3]([O-])([O-])[O-])c1. The first-order chi connectivity index (χ1) is 11.2. The molecule has 3 rings (SSSR count). The van der Waals surface area contributed by atoms with Gasteiger partial charge in [0.2, 0.25) is 0 Å². The number of hydrogen-bond donors (Lipinski definition) is 0. The first-order valence-corrected chi connectivity index (χ1v) is 9.47. The summed E-state index contributed by atoms with van der Waals surface area (Å²) in [7, 11) is -2.79. The first-order valence-electron chi connectivity index (χ1n) is 8.24. The van der Waals surface area contributed by atoms with Crippen LogP contribution in [0.15, 0.2) is 24.3 Å². The molecule has 24 heavy (non-hydrogen) atoms. The summed E-state index contributed by atoms with van der Waals surface area (Å²) >= 11 is 0. The van der Waals surface area contributed by atoms with E-state index in [0.29, 0.717) is 18.4 Å². The lowest BCUT2D eigenvalue weighted by Gasteiger charge is -2.52. The van der Waals surface area contributed by atoms with Gasteiger partial charge in [0.25, 0.3) is 0 Å². The number of nitrogens with zero attached hydrogens (tertiary/aromatic N) is 1. The lowest BCUT2D eigenvalue weighted by molar-refractivity contribution is -1.93. The van der Waals surface area contributed by atoms with Crippen LogP contribution in [0, 0.1) is 22.1 Å². The molecule has 0 radical (unpaired) electrons. The normalized spacial score (nSPS) is 34.2. The minimum atomic E-state index is -4.45. The fraction of sp³-hybridized carbons (Fsp3) is 0.647. The van der Waals surface area contributed by atoms with Crippen molar-refractivity contribution in [3.63, 3.8) is 0 Å². The predicted octanol–water partition coefficient (Wildman–Crippen LogP) is 0.118. The Kier molecular flexibility index (Phi) is 4.81. The van der Waals surface area contributed by atoms with E-state index in [-0.39, 0.29) is 5.92 Å². The molecule has 0 N–H and O–H groups in total. The molecule has 7 heteroatoms. The van der Waals surface area contributed by atoms with E-state index in [4.69, 9.17) is 9.13 Å². The molecule has 1 aliphatic carbocycles. The number of fused-ring (bicyclic) bond motifs is 2. The van der Waals surface area contributed by atoms with E-state index in [9.17, 15) is 14.0 Å². The highest BCUT2D eigenvalue weighted by atomic mass is 35.7. The number of piperidine rings is 1. The molecule has 2 fully saturated rings. The minimum absolute atomic E-state index is 0.228. The molecule has 0 amide bonds. The number of rotatable bonds is 4. The number of benzene rings is 1. The molecule has 1 saturated carbocycles. The first kappa shape index (κ1) is 17.9. The van der Waals surface area contributed by atoms with Crippen molar-refractivity contribution < 1.29 is 33.3 Å². The third-order valence-corrected chi connectivity index (χ3v) is 6.00. The lowest BCUT2D eigenvalue weighted by Crippen LogP contribution is -2.68. The van der Waals surface area contributed by atoms with E-state index in [2.05, 4.69) is 19.1 Å². The monoisotopic (exact) mass is 357 g/mol. The van der Waals surface area contributed by atoms with Gasteiger partial charge < -0.3 is 4.74 Å². The summed E-state index contributed by atoms with van der Waals surface area (Å²) < 4.78 is 43.1. The van der Waals surface area contributed by atoms with Crippen molar-refractivity contribution in [2.45, 2.75) is 44.6 Å². The zero-order valence-corrected chi connectivity index (χ0v) is 15.0. The van der Waals surface area contributed by atoms with Gasteiger partial charge in [0, 0.05) is 6.54 Å². The van der Waals surface area contributed by atoms with Crippen LogP contribution in [0.5, 0.6) is 5.75 Å². The molecular weight excluding hydrogens is 334 g/mol. The van der Waals surface area contributed by atoms with Gasteiger partial charge in [-0.1, -0.05) is 19.1 Å². The summed E-state index contributed by atoms with van der Waals surface area (Å²) in [4.78, 5) is 0. The Labute approximate surface area is 144 Å². The van der Waals surface area contributed by atoms with Crippen LogP contribution in [0.25, 0.3) is 0 Å². The van der Waals surface area contributed by atoms with Gasteiger partial charge in [0.1, 0.15) is 16.0 Å². The molecule has 4 unspecified atom stereocenters. The second kappa shape index (κ2) is 6.44. The molecule has 1 aromatic rings. The van der Waals surface area contributed by atoms with Gasteiger partial charge in [0.05, 0.1) is 12.6 Å².